The Labute approximate surface area is 216 Å². The number of aromatic nitrogens is 2. The van der Waals surface area contributed by atoms with Gasteiger partial charge in [0.1, 0.15) is 18.3 Å². The molecule has 3 aliphatic rings. The van der Waals surface area contributed by atoms with E-state index < -0.39 is 17.8 Å². The summed E-state index contributed by atoms with van der Waals surface area (Å²) < 4.78 is 50.2. The van der Waals surface area contributed by atoms with Gasteiger partial charge in [-0.1, -0.05) is 6.07 Å². The van der Waals surface area contributed by atoms with Crippen LogP contribution in [0.15, 0.2) is 48.8 Å². The lowest BCUT2D eigenvalue weighted by Crippen LogP contribution is -2.67. The van der Waals surface area contributed by atoms with Gasteiger partial charge in [-0.3, -0.25) is 20.2 Å². The second-order valence-electron chi connectivity index (χ2n) is 9.94. The van der Waals surface area contributed by atoms with Gasteiger partial charge in [-0.15, -0.1) is 0 Å². The minimum atomic E-state index is -4.64. The van der Waals surface area contributed by atoms with Crippen molar-refractivity contribution in [2.45, 2.75) is 25.6 Å². The number of nitrogens with one attached hydrogen (secondary N) is 2. The van der Waals surface area contributed by atoms with Crippen molar-refractivity contribution < 1.29 is 27.4 Å². The summed E-state index contributed by atoms with van der Waals surface area (Å²) in [6.07, 6.45) is -1.19. The molecular formula is C27H24F3N5O3. The molecule has 2 saturated heterocycles. The summed E-state index contributed by atoms with van der Waals surface area (Å²) in [7, 11) is 0. The van der Waals surface area contributed by atoms with Gasteiger partial charge in [0.15, 0.2) is 0 Å². The Bertz CT molecular complexity index is 1450. The predicted molar refractivity (Wildman–Crippen MR) is 133 cm³/mol. The predicted octanol–water partition coefficient (Wildman–Crippen LogP) is 4.48. The smallest absolute Gasteiger partial charge is 0.433 e. The molecule has 11 heteroatoms. The highest BCUT2D eigenvalue weighted by atomic mass is 19.4. The van der Waals surface area contributed by atoms with Crippen LogP contribution in [0.2, 0.25) is 0 Å². The van der Waals surface area contributed by atoms with Crippen molar-refractivity contribution in [2.24, 2.45) is 5.41 Å². The average Bonchev–Trinajstić information content (AvgIpc) is 2.88. The summed E-state index contributed by atoms with van der Waals surface area (Å²) in [4.78, 5) is 23.0. The SMILES string of the molecule is Cc1ccc(NC(=O)c2ccnc(C(F)(F)F)c2)cc1-c1cnc2c(c1)N1CCOC(=N)C1C1(COC1)C2. The van der Waals surface area contributed by atoms with Crippen LogP contribution in [0.4, 0.5) is 24.5 Å². The first kappa shape index (κ1) is 24.4. The Morgan fingerprint density at radius 2 is 2.00 bits per heavy atom. The molecule has 8 nitrogen and oxygen atoms in total. The minimum absolute atomic E-state index is 0.139. The summed E-state index contributed by atoms with van der Waals surface area (Å²) in [5.41, 5.74) is 3.47. The number of hydrogen-bond donors (Lipinski definition) is 2. The lowest BCUT2D eigenvalue weighted by atomic mass is 9.70. The fourth-order valence-electron chi connectivity index (χ4n) is 5.48. The van der Waals surface area contributed by atoms with Gasteiger partial charge in [0.2, 0.25) is 5.90 Å². The van der Waals surface area contributed by atoms with E-state index in [4.69, 9.17) is 19.9 Å². The molecule has 2 aromatic heterocycles. The Balaban J connectivity index is 1.31. The number of carbonyl (C=O) groups is 1. The first-order chi connectivity index (χ1) is 18.1. The quantitative estimate of drug-likeness (QED) is 0.525. The van der Waals surface area contributed by atoms with Crippen LogP contribution in [0.3, 0.4) is 0 Å². The molecule has 1 amide bonds. The van der Waals surface area contributed by atoms with Crippen LogP contribution in [-0.2, 0) is 22.1 Å². The standard InChI is InChI=1S/C27H24F3N5O3/c1-15-2-3-18(34-25(36)16-4-5-32-22(9-16)27(28,29)30)10-19(15)17-8-21-20(33-12-17)11-26(13-37-14-26)23-24(31)38-7-6-35(21)23/h2-5,8-10,12,23,31H,6-7,11,13-14H2,1H3,(H,34,36). The number of benzene rings is 1. The average molecular weight is 524 g/mol. The van der Waals surface area contributed by atoms with Gasteiger partial charge in [-0.05, 0) is 48.4 Å². The molecule has 1 spiro atoms. The molecule has 2 fully saturated rings. The van der Waals surface area contributed by atoms with E-state index in [0.29, 0.717) is 38.5 Å². The fourth-order valence-corrected chi connectivity index (χ4v) is 5.48. The number of aryl methyl sites for hydroxylation is 1. The van der Waals surface area contributed by atoms with Gasteiger partial charge in [0, 0.05) is 35.6 Å². The number of anilines is 2. The first-order valence-electron chi connectivity index (χ1n) is 12.1. The Morgan fingerprint density at radius 1 is 1.18 bits per heavy atom. The Kier molecular flexibility index (Phi) is 5.64. The Morgan fingerprint density at radius 3 is 2.74 bits per heavy atom. The molecule has 38 heavy (non-hydrogen) atoms. The molecule has 196 valence electrons. The van der Waals surface area contributed by atoms with Gasteiger partial charge in [-0.25, -0.2) is 0 Å². The number of halogens is 3. The molecule has 2 N–H and O–H groups in total. The van der Waals surface area contributed by atoms with E-state index in [-0.39, 0.29) is 22.9 Å². The van der Waals surface area contributed by atoms with Gasteiger partial charge >= 0.3 is 6.18 Å². The zero-order valence-corrected chi connectivity index (χ0v) is 20.4. The molecule has 3 aromatic rings. The molecular weight excluding hydrogens is 499 g/mol. The van der Waals surface area contributed by atoms with Crippen LogP contribution in [-0.4, -0.2) is 54.2 Å². The van der Waals surface area contributed by atoms with Crippen LogP contribution >= 0.6 is 0 Å². The normalized spacial score (nSPS) is 19.7. The van der Waals surface area contributed by atoms with Crippen molar-refractivity contribution in [2.75, 3.05) is 36.6 Å². The van der Waals surface area contributed by atoms with Crippen LogP contribution < -0.4 is 10.2 Å². The van der Waals surface area contributed by atoms with E-state index in [9.17, 15) is 18.0 Å². The molecule has 0 aliphatic carbocycles. The molecule has 0 radical (unpaired) electrons. The van der Waals surface area contributed by atoms with Crippen molar-refractivity contribution in [3.63, 3.8) is 0 Å². The lowest BCUT2D eigenvalue weighted by molar-refractivity contribution is -0.141. The summed E-state index contributed by atoms with van der Waals surface area (Å²) >= 11 is 0. The second kappa shape index (κ2) is 8.80. The molecule has 1 atom stereocenters. The zero-order chi connectivity index (χ0) is 26.7. The zero-order valence-electron chi connectivity index (χ0n) is 20.4. The third kappa shape index (κ3) is 4.07. The van der Waals surface area contributed by atoms with Gasteiger partial charge in [0.05, 0.1) is 36.6 Å². The van der Waals surface area contributed by atoms with Crippen LogP contribution in [0, 0.1) is 17.7 Å². The van der Waals surface area contributed by atoms with Crippen LogP contribution in [0.25, 0.3) is 11.1 Å². The van der Waals surface area contributed by atoms with E-state index >= 15 is 0 Å². The number of amides is 1. The third-order valence-corrected chi connectivity index (χ3v) is 7.40. The van der Waals surface area contributed by atoms with Crippen LogP contribution in [0.5, 0.6) is 0 Å². The number of pyridine rings is 2. The van der Waals surface area contributed by atoms with Crippen molar-refractivity contribution in [3.05, 3.63) is 71.3 Å². The topological polar surface area (TPSA) is 100 Å². The van der Waals surface area contributed by atoms with Crippen molar-refractivity contribution in [1.29, 1.82) is 5.41 Å². The van der Waals surface area contributed by atoms with E-state index in [0.717, 1.165) is 40.3 Å². The highest BCUT2D eigenvalue weighted by Crippen LogP contribution is 2.47. The number of morpholine rings is 1. The summed E-state index contributed by atoms with van der Waals surface area (Å²) in [6.45, 7) is 4.11. The van der Waals surface area contributed by atoms with Crippen molar-refractivity contribution >= 4 is 23.2 Å². The van der Waals surface area contributed by atoms with Gasteiger partial charge in [0.25, 0.3) is 5.91 Å². The number of hydrogen-bond acceptors (Lipinski definition) is 7. The second-order valence-corrected chi connectivity index (χ2v) is 9.94. The minimum Gasteiger partial charge on any atom is -0.478 e. The van der Waals surface area contributed by atoms with Gasteiger partial charge in [-0.2, -0.15) is 13.2 Å². The third-order valence-electron chi connectivity index (χ3n) is 7.40. The van der Waals surface area contributed by atoms with Crippen LogP contribution in [0.1, 0.15) is 27.3 Å². The lowest BCUT2D eigenvalue weighted by Gasteiger charge is -2.55. The number of nitrogens with zero attached hydrogens (tertiary/aromatic N) is 3. The number of ether oxygens (including phenoxy) is 2. The highest BCUT2D eigenvalue weighted by molar-refractivity contribution is 6.04. The Hall–Kier alpha value is -3.99. The first-order valence-corrected chi connectivity index (χ1v) is 12.1. The van der Waals surface area contributed by atoms with E-state index in [2.05, 4.69) is 15.2 Å². The number of alkyl halides is 3. The van der Waals surface area contributed by atoms with Crippen molar-refractivity contribution in [1.82, 2.24) is 9.97 Å². The molecule has 3 aliphatic heterocycles. The fraction of sp³-hybridized carbons (Fsp3) is 0.333. The molecule has 0 saturated carbocycles. The van der Waals surface area contributed by atoms with Crippen molar-refractivity contribution in [3.8, 4) is 11.1 Å². The number of fused-ring (bicyclic) bond motifs is 4. The highest BCUT2D eigenvalue weighted by Gasteiger charge is 2.55. The monoisotopic (exact) mass is 523 g/mol. The molecule has 5 heterocycles. The summed E-state index contributed by atoms with van der Waals surface area (Å²) in [6, 6.07) is 9.14. The van der Waals surface area contributed by atoms with E-state index in [1.807, 2.05) is 19.1 Å². The maximum Gasteiger partial charge on any atom is 0.433 e. The summed E-state index contributed by atoms with van der Waals surface area (Å²) in [5.74, 6) is -0.416. The largest absolute Gasteiger partial charge is 0.478 e. The number of rotatable bonds is 3. The molecule has 1 unspecified atom stereocenters. The molecule has 6 rings (SSSR count). The molecule has 1 aromatic carbocycles. The summed E-state index contributed by atoms with van der Waals surface area (Å²) in [5, 5.41) is 11.2. The maximum atomic E-state index is 13.0. The van der Waals surface area contributed by atoms with E-state index in [1.54, 1.807) is 18.3 Å². The molecule has 0 bridgehead atoms. The maximum absolute atomic E-state index is 13.0. The van der Waals surface area contributed by atoms with E-state index in [1.165, 1.54) is 6.07 Å². The van der Waals surface area contributed by atoms with Gasteiger partial charge < -0.3 is 19.7 Å². The number of carbonyl (C=O) groups excluding carboxylic acids is 1.